The van der Waals surface area contributed by atoms with E-state index < -0.39 is 0 Å². The summed E-state index contributed by atoms with van der Waals surface area (Å²) in [5.41, 5.74) is 9.73. The summed E-state index contributed by atoms with van der Waals surface area (Å²) in [5, 5.41) is 0. The monoisotopic (exact) mass is 322 g/mol. The molecule has 0 bridgehead atoms. The van der Waals surface area contributed by atoms with Gasteiger partial charge in [0.05, 0.1) is 11.7 Å². The third-order valence-corrected chi connectivity index (χ3v) is 3.55. The van der Waals surface area contributed by atoms with E-state index >= 15 is 0 Å². The minimum absolute atomic E-state index is 0.241. The zero-order chi connectivity index (χ0) is 14.0. The molecule has 0 saturated heterocycles. The summed E-state index contributed by atoms with van der Waals surface area (Å²) < 4.78 is 14.5. The van der Waals surface area contributed by atoms with Gasteiger partial charge < -0.3 is 5.73 Å². The number of nitrogens with zero attached hydrogens (tertiary/aromatic N) is 1. The average molecular weight is 323 g/mol. The van der Waals surface area contributed by atoms with Crippen LogP contribution in [-0.4, -0.2) is 4.98 Å². The number of aromatic nitrogens is 1. The second-order valence-electron chi connectivity index (χ2n) is 4.76. The van der Waals surface area contributed by atoms with Gasteiger partial charge in [-0.15, -0.1) is 0 Å². The number of halogens is 2. The molecule has 0 aliphatic rings. The van der Waals surface area contributed by atoms with E-state index in [0.29, 0.717) is 12.0 Å². The molecular formula is C15H16BrFN2. The topological polar surface area (TPSA) is 38.9 Å². The van der Waals surface area contributed by atoms with Gasteiger partial charge in [-0.2, -0.15) is 0 Å². The van der Waals surface area contributed by atoms with Crippen LogP contribution >= 0.6 is 15.9 Å². The molecule has 100 valence electrons. The maximum absolute atomic E-state index is 13.8. The van der Waals surface area contributed by atoms with Gasteiger partial charge in [-0.3, -0.25) is 4.98 Å². The Hall–Kier alpha value is -1.26. The molecule has 2 aromatic rings. The lowest BCUT2D eigenvalue weighted by Crippen LogP contribution is -2.17. The zero-order valence-electron chi connectivity index (χ0n) is 11.0. The van der Waals surface area contributed by atoms with E-state index in [2.05, 4.69) is 20.9 Å². The van der Waals surface area contributed by atoms with Crippen molar-refractivity contribution in [2.75, 3.05) is 0 Å². The third-order valence-electron chi connectivity index (χ3n) is 3.06. The van der Waals surface area contributed by atoms with Crippen LogP contribution < -0.4 is 5.73 Å². The van der Waals surface area contributed by atoms with Crippen molar-refractivity contribution in [3.8, 4) is 0 Å². The summed E-state index contributed by atoms with van der Waals surface area (Å²) in [6.07, 6.45) is 2.23. The molecule has 0 aliphatic heterocycles. The first-order chi connectivity index (χ1) is 8.97. The Kier molecular flexibility index (Phi) is 4.32. The van der Waals surface area contributed by atoms with Crippen molar-refractivity contribution >= 4 is 15.9 Å². The number of hydrogen-bond donors (Lipinski definition) is 1. The molecule has 19 heavy (non-hydrogen) atoms. The fourth-order valence-electron chi connectivity index (χ4n) is 2.13. The van der Waals surface area contributed by atoms with Crippen LogP contribution in [0.5, 0.6) is 0 Å². The first kappa shape index (κ1) is 14.2. The molecule has 0 amide bonds. The Morgan fingerprint density at radius 2 is 2.05 bits per heavy atom. The maximum atomic E-state index is 13.8. The highest BCUT2D eigenvalue weighted by Crippen LogP contribution is 2.22. The van der Waals surface area contributed by atoms with Crippen molar-refractivity contribution in [2.24, 2.45) is 5.73 Å². The van der Waals surface area contributed by atoms with Crippen LogP contribution in [0.2, 0.25) is 0 Å². The second kappa shape index (κ2) is 5.80. The minimum atomic E-state index is -0.295. The fourth-order valence-corrected chi connectivity index (χ4v) is 2.47. The van der Waals surface area contributed by atoms with Crippen LogP contribution in [0.3, 0.4) is 0 Å². The Labute approximate surface area is 121 Å². The van der Waals surface area contributed by atoms with Crippen LogP contribution in [0.4, 0.5) is 4.39 Å². The van der Waals surface area contributed by atoms with Gasteiger partial charge in [0.25, 0.3) is 0 Å². The molecule has 1 aromatic heterocycles. The zero-order valence-corrected chi connectivity index (χ0v) is 12.5. The quantitative estimate of drug-likeness (QED) is 0.932. The molecule has 1 unspecified atom stereocenters. The fraction of sp³-hybridized carbons (Fsp3) is 0.267. The van der Waals surface area contributed by atoms with E-state index in [0.717, 1.165) is 21.3 Å². The van der Waals surface area contributed by atoms with E-state index in [1.54, 1.807) is 12.3 Å². The Bertz CT molecular complexity index is 599. The van der Waals surface area contributed by atoms with Gasteiger partial charge in [0, 0.05) is 10.7 Å². The average Bonchev–Trinajstić information content (AvgIpc) is 2.32. The van der Waals surface area contributed by atoms with Crippen molar-refractivity contribution in [1.29, 1.82) is 0 Å². The SMILES string of the molecule is Cc1cnc(C(N)Cc2ccc(Br)cc2F)c(C)c1. The molecule has 0 fully saturated rings. The smallest absolute Gasteiger partial charge is 0.127 e. The maximum Gasteiger partial charge on any atom is 0.127 e. The van der Waals surface area contributed by atoms with Gasteiger partial charge in [0.2, 0.25) is 0 Å². The van der Waals surface area contributed by atoms with Crippen molar-refractivity contribution in [3.63, 3.8) is 0 Å². The molecule has 0 saturated carbocycles. The highest BCUT2D eigenvalue weighted by Gasteiger charge is 2.14. The van der Waals surface area contributed by atoms with E-state index in [1.807, 2.05) is 26.0 Å². The first-order valence-electron chi connectivity index (χ1n) is 6.10. The van der Waals surface area contributed by atoms with Crippen molar-refractivity contribution in [2.45, 2.75) is 26.3 Å². The molecule has 2 nitrogen and oxygen atoms in total. The molecule has 1 aromatic carbocycles. The Balaban J connectivity index is 2.23. The summed E-state index contributed by atoms with van der Waals surface area (Å²) in [4.78, 5) is 4.36. The van der Waals surface area contributed by atoms with Gasteiger partial charge in [0.1, 0.15) is 5.82 Å². The highest BCUT2D eigenvalue weighted by atomic mass is 79.9. The second-order valence-corrected chi connectivity index (χ2v) is 5.68. The van der Waals surface area contributed by atoms with Gasteiger partial charge in [0.15, 0.2) is 0 Å². The van der Waals surface area contributed by atoms with Crippen molar-refractivity contribution in [1.82, 2.24) is 4.98 Å². The molecule has 0 spiro atoms. The molecule has 2 rings (SSSR count). The number of rotatable bonds is 3. The van der Waals surface area contributed by atoms with Gasteiger partial charge >= 0.3 is 0 Å². The molecule has 1 atom stereocenters. The van der Waals surface area contributed by atoms with Crippen molar-refractivity contribution < 1.29 is 4.39 Å². The Morgan fingerprint density at radius 1 is 1.32 bits per heavy atom. The van der Waals surface area contributed by atoms with Gasteiger partial charge in [-0.05, 0) is 49.1 Å². The number of nitrogens with two attached hydrogens (primary N) is 1. The lowest BCUT2D eigenvalue weighted by Gasteiger charge is -2.14. The number of hydrogen-bond acceptors (Lipinski definition) is 2. The van der Waals surface area contributed by atoms with Gasteiger partial charge in [-0.1, -0.05) is 28.1 Å². The number of benzene rings is 1. The summed E-state index contributed by atoms with van der Waals surface area (Å²) in [6, 6.07) is 6.78. The van der Waals surface area contributed by atoms with Crippen LogP contribution in [0.15, 0.2) is 34.9 Å². The van der Waals surface area contributed by atoms with E-state index in [9.17, 15) is 4.39 Å². The predicted molar refractivity (Wildman–Crippen MR) is 78.4 cm³/mol. The van der Waals surface area contributed by atoms with Crippen LogP contribution in [0.1, 0.15) is 28.4 Å². The van der Waals surface area contributed by atoms with Gasteiger partial charge in [-0.25, -0.2) is 4.39 Å². The largest absolute Gasteiger partial charge is 0.322 e. The lowest BCUT2D eigenvalue weighted by molar-refractivity contribution is 0.588. The lowest BCUT2D eigenvalue weighted by atomic mass is 10.00. The summed E-state index contributed by atoms with van der Waals surface area (Å²) >= 11 is 3.24. The van der Waals surface area contributed by atoms with E-state index in [1.165, 1.54) is 6.07 Å². The summed E-state index contributed by atoms with van der Waals surface area (Å²) in [7, 11) is 0. The Morgan fingerprint density at radius 3 is 2.68 bits per heavy atom. The van der Waals surface area contributed by atoms with Crippen LogP contribution in [-0.2, 0) is 6.42 Å². The summed E-state index contributed by atoms with van der Waals surface area (Å²) in [6.45, 7) is 3.97. The molecule has 2 N–H and O–H groups in total. The molecule has 0 aliphatic carbocycles. The molecule has 0 radical (unpaired) electrons. The minimum Gasteiger partial charge on any atom is -0.322 e. The predicted octanol–water partition coefficient (Wildman–Crippen LogP) is 3.84. The highest BCUT2D eigenvalue weighted by molar-refractivity contribution is 9.10. The van der Waals surface area contributed by atoms with E-state index in [4.69, 9.17) is 5.73 Å². The third kappa shape index (κ3) is 3.39. The first-order valence-corrected chi connectivity index (χ1v) is 6.89. The molecule has 1 heterocycles. The van der Waals surface area contributed by atoms with Crippen LogP contribution in [0.25, 0.3) is 0 Å². The molecule has 4 heteroatoms. The molecular weight excluding hydrogens is 307 g/mol. The standard InChI is InChI=1S/C15H16BrFN2/c1-9-5-10(2)15(19-8-9)14(18)6-11-3-4-12(16)7-13(11)17/h3-5,7-8,14H,6,18H2,1-2H3. The summed E-state index contributed by atoms with van der Waals surface area (Å²) in [5.74, 6) is -0.241. The van der Waals surface area contributed by atoms with Crippen molar-refractivity contribution in [3.05, 3.63) is 63.1 Å². The number of pyridine rings is 1. The normalized spacial score (nSPS) is 12.5. The van der Waals surface area contributed by atoms with Crippen LogP contribution in [0, 0.1) is 19.7 Å². The number of aryl methyl sites for hydroxylation is 2. The van der Waals surface area contributed by atoms with E-state index in [-0.39, 0.29) is 11.9 Å².